The van der Waals surface area contributed by atoms with Crippen LogP contribution in [-0.4, -0.2) is 10.1 Å². The number of aliphatic hydroxyl groups excluding tert-OH is 1. The quantitative estimate of drug-likeness (QED) is 0.762. The number of hydrogen-bond donors (Lipinski definition) is 1. The van der Waals surface area contributed by atoms with E-state index in [0.717, 1.165) is 5.69 Å². The van der Waals surface area contributed by atoms with Crippen molar-refractivity contribution in [3.05, 3.63) is 16.6 Å². The van der Waals surface area contributed by atoms with Gasteiger partial charge in [-0.3, -0.25) is 0 Å². The van der Waals surface area contributed by atoms with Gasteiger partial charge in [-0.2, -0.15) is 0 Å². The zero-order valence-corrected chi connectivity index (χ0v) is 9.17. The molecule has 2 rings (SSSR count). The maximum Gasteiger partial charge on any atom is 0.0996 e. The van der Waals surface area contributed by atoms with E-state index in [2.05, 4.69) is 4.98 Å². The predicted molar refractivity (Wildman–Crippen MR) is 58.3 cm³/mol. The summed E-state index contributed by atoms with van der Waals surface area (Å²) >= 11 is 1.57. The van der Waals surface area contributed by atoms with Crippen LogP contribution >= 0.6 is 11.3 Å². The largest absolute Gasteiger partial charge is 0.386 e. The van der Waals surface area contributed by atoms with Gasteiger partial charge in [-0.15, -0.1) is 11.3 Å². The first-order valence-electron chi connectivity index (χ1n) is 5.44. The summed E-state index contributed by atoms with van der Waals surface area (Å²) in [7, 11) is 0. The number of nitrogens with zero attached hydrogens (tertiary/aromatic N) is 1. The van der Waals surface area contributed by atoms with Crippen molar-refractivity contribution in [2.75, 3.05) is 0 Å². The van der Waals surface area contributed by atoms with E-state index in [1.165, 1.54) is 38.5 Å². The molecule has 3 heteroatoms. The van der Waals surface area contributed by atoms with Gasteiger partial charge in [0.1, 0.15) is 0 Å². The summed E-state index contributed by atoms with van der Waals surface area (Å²) < 4.78 is 0. The number of hydrogen-bond acceptors (Lipinski definition) is 3. The van der Waals surface area contributed by atoms with E-state index in [4.69, 9.17) is 0 Å². The van der Waals surface area contributed by atoms with Gasteiger partial charge in [-0.1, -0.05) is 25.7 Å². The molecule has 14 heavy (non-hydrogen) atoms. The van der Waals surface area contributed by atoms with E-state index in [1.54, 1.807) is 16.8 Å². The molecule has 1 heterocycles. The van der Waals surface area contributed by atoms with Crippen LogP contribution in [0, 0.1) is 5.92 Å². The number of rotatable bonds is 2. The molecule has 1 fully saturated rings. The summed E-state index contributed by atoms with van der Waals surface area (Å²) in [6, 6.07) is 0. The zero-order chi connectivity index (χ0) is 9.80. The molecule has 0 saturated heterocycles. The van der Waals surface area contributed by atoms with Crippen molar-refractivity contribution in [3.8, 4) is 0 Å². The monoisotopic (exact) mass is 211 g/mol. The summed E-state index contributed by atoms with van der Waals surface area (Å²) in [6.45, 7) is 0. The van der Waals surface area contributed by atoms with Crippen molar-refractivity contribution in [1.29, 1.82) is 0 Å². The fourth-order valence-electron chi connectivity index (χ4n) is 2.24. The lowest BCUT2D eigenvalue weighted by atomic mass is 9.92. The topological polar surface area (TPSA) is 33.1 Å². The Kier molecular flexibility index (Phi) is 3.54. The van der Waals surface area contributed by atoms with Gasteiger partial charge in [-0.05, 0) is 18.8 Å². The van der Waals surface area contributed by atoms with Crippen LogP contribution in [0.4, 0.5) is 0 Å². The van der Waals surface area contributed by atoms with Crippen LogP contribution in [0.1, 0.15) is 50.3 Å². The molecule has 0 aromatic carbocycles. The van der Waals surface area contributed by atoms with Crippen molar-refractivity contribution in [2.24, 2.45) is 5.92 Å². The van der Waals surface area contributed by atoms with Crippen LogP contribution < -0.4 is 0 Å². The van der Waals surface area contributed by atoms with Crippen molar-refractivity contribution < 1.29 is 5.11 Å². The Morgan fingerprint density at radius 1 is 1.29 bits per heavy atom. The maximum absolute atomic E-state index is 10.1. The highest BCUT2D eigenvalue weighted by atomic mass is 32.1. The molecule has 1 aliphatic carbocycles. The van der Waals surface area contributed by atoms with Crippen LogP contribution in [0.5, 0.6) is 0 Å². The molecule has 2 nitrogen and oxygen atoms in total. The van der Waals surface area contributed by atoms with Crippen molar-refractivity contribution in [1.82, 2.24) is 4.98 Å². The smallest absolute Gasteiger partial charge is 0.0996 e. The van der Waals surface area contributed by atoms with Crippen LogP contribution in [0.25, 0.3) is 0 Å². The molecule has 1 unspecified atom stereocenters. The first-order valence-corrected chi connectivity index (χ1v) is 6.38. The highest BCUT2D eigenvalue weighted by Crippen LogP contribution is 2.32. The minimum absolute atomic E-state index is 0.320. The lowest BCUT2D eigenvalue weighted by molar-refractivity contribution is 0.0954. The Bertz CT molecular complexity index is 252. The second-order valence-electron chi connectivity index (χ2n) is 4.11. The van der Waals surface area contributed by atoms with Gasteiger partial charge in [0, 0.05) is 5.38 Å². The third kappa shape index (κ3) is 2.34. The van der Waals surface area contributed by atoms with E-state index in [-0.39, 0.29) is 6.10 Å². The van der Waals surface area contributed by atoms with Crippen LogP contribution in [-0.2, 0) is 0 Å². The summed E-state index contributed by atoms with van der Waals surface area (Å²) in [5, 5.41) is 12.1. The van der Waals surface area contributed by atoms with Crippen molar-refractivity contribution in [2.45, 2.75) is 44.6 Å². The average molecular weight is 211 g/mol. The summed E-state index contributed by atoms with van der Waals surface area (Å²) in [5.74, 6) is 0.444. The average Bonchev–Trinajstić information content (AvgIpc) is 2.59. The van der Waals surface area contributed by atoms with E-state index >= 15 is 0 Å². The second kappa shape index (κ2) is 4.89. The minimum Gasteiger partial charge on any atom is -0.386 e. The Labute approximate surface area is 89.0 Å². The van der Waals surface area contributed by atoms with Crippen molar-refractivity contribution >= 4 is 11.3 Å². The Morgan fingerprint density at radius 2 is 2.00 bits per heavy atom. The number of thiazole rings is 1. The Morgan fingerprint density at radius 3 is 2.57 bits per heavy atom. The summed E-state index contributed by atoms with van der Waals surface area (Å²) in [4.78, 5) is 4.19. The van der Waals surface area contributed by atoms with E-state index in [9.17, 15) is 5.11 Å². The normalized spacial score (nSPS) is 21.8. The van der Waals surface area contributed by atoms with Gasteiger partial charge in [0.15, 0.2) is 0 Å². The van der Waals surface area contributed by atoms with Crippen LogP contribution in [0.15, 0.2) is 10.9 Å². The molecule has 0 bridgehead atoms. The molecular weight excluding hydrogens is 194 g/mol. The molecule has 1 aromatic rings. The third-order valence-corrected chi connectivity index (χ3v) is 3.71. The highest BCUT2D eigenvalue weighted by Gasteiger charge is 2.23. The summed E-state index contributed by atoms with van der Waals surface area (Å²) in [5.41, 5.74) is 2.68. The maximum atomic E-state index is 10.1. The van der Waals surface area contributed by atoms with Crippen molar-refractivity contribution in [3.63, 3.8) is 0 Å². The van der Waals surface area contributed by atoms with Gasteiger partial charge in [-0.25, -0.2) is 4.98 Å². The molecule has 0 spiro atoms. The molecule has 0 amide bonds. The fraction of sp³-hybridized carbons (Fsp3) is 0.727. The third-order valence-electron chi connectivity index (χ3n) is 3.10. The highest BCUT2D eigenvalue weighted by molar-refractivity contribution is 7.07. The van der Waals surface area contributed by atoms with Crippen LogP contribution in [0.2, 0.25) is 0 Å². The molecule has 1 aliphatic rings. The first-order chi connectivity index (χ1) is 6.88. The molecule has 1 saturated carbocycles. The zero-order valence-electron chi connectivity index (χ0n) is 8.35. The molecular formula is C11H17NOS. The first kappa shape index (κ1) is 10.1. The van der Waals surface area contributed by atoms with Gasteiger partial charge in [0.2, 0.25) is 0 Å². The van der Waals surface area contributed by atoms with E-state index < -0.39 is 0 Å². The predicted octanol–water partition coefficient (Wildman–Crippen LogP) is 3.15. The SMILES string of the molecule is OC(c1cscn1)C1CCCCCC1. The van der Waals surface area contributed by atoms with Gasteiger partial charge >= 0.3 is 0 Å². The molecule has 0 aliphatic heterocycles. The lowest BCUT2D eigenvalue weighted by Gasteiger charge is -2.19. The standard InChI is InChI=1S/C11H17NOS/c13-11(10-7-14-8-12-10)9-5-3-1-2-4-6-9/h7-9,11,13H,1-6H2. The van der Waals surface area contributed by atoms with Gasteiger partial charge in [0.05, 0.1) is 17.3 Å². The molecule has 0 radical (unpaired) electrons. The summed E-state index contributed by atoms with van der Waals surface area (Å²) in [6.07, 6.45) is 7.22. The molecule has 1 atom stereocenters. The molecule has 1 N–H and O–H groups in total. The molecule has 78 valence electrons. The molecule has 1 aromatic heterocycles. The lowest BCUT2D eigenvalue weighted by Crippen LogP contribution is -2.12. The number of aromatic nitrogens is 1. The van der Waals surface area contributed by atoms with Crippen LogP contribution in [0.3, 0.4) is 0 Å². The second-order valence-corrected chi connectivity index (χ2v) is 4.83. The fourth-order valence-corrected chi connectivity index (χ4v) is 2.82. The van der Waals surface area contributed by atoms with E-state index in [1.807, 2.05) is 5.38 Å². The Balaban J connectivity index is 1.99. The minimum atomic E-state index is -0.320. The van der Waals surface area contributed by atoms with Gasteiger partial charge in [0.25, 0.3) is 0 Å². The number of aliphatic hydroxyl groups is 1. The van der Waals surface area contributed by atoms with E-state index in [0.29, 0.717) is 5.92 Å². The van der Waals surface area contributed by atoms with Gasteiger partial charge < -0.3 is 5.11 Å². The Hall–Kier alpha value is -0.410.